The van der Waals surface area contributed by atoms with Crippen molar-refractivity contribution in [3.63, 3.8) is 0 Å². The van der Waals surface area contributed by atoms with E-state index in [1.165, 1.54) is 14.2 Å². The molecular weight excluding hydrogens is 755 g/mol. The first-order valence-electron chi connectivity index (χ1n) is 19.9. The lowest BCUT2D eigenvalue weighted by Gasteiger charge is -2.30. The zero-order chi connectivity index (χ0) is 42.4. The largest absolute Gasteiger partial charge is 0.453 e. The number of nitrogens with one attached hydrogen (secondary N) is 4. The summed E-state index contributed by atoms with van der Waals surface area (Å²) in [6.07, 6.45) is 3.15. The van der Waals surface area contributed by atoms with Crippen molar-refractivity contribution in [3.05, 3.63) is 71.4 Å². The van der Waals surface area contributed by atoms with Crippen LogP contribution in [0.5, 0.6) is 0 Å². The number of carbonyl (C=O) groups is 4. The number of ether oxygens (including phenoxy) is 2. The Morgan fingerprint density at radius 3 is 2.14 bits per heavy atom. The van der Waals surface area contributed by atoms with Crippen LogP contribution in [0.15, 0.2) is 53.8 Å². The number of aromatic amines is 2. The molecule has 4 aromatic rings. The molecule has 59 heavy (non-hydrogen) atoms. The summed E-state index contributed by atoms with van der Waals surface area (Å²) in [5.74, 6) is 7.13. The van der Waals surface area contributed by atoms with E-state index in [0.29, 0.717) is 43.3 Å². The van der Waals surface area contributed by atoms with Gasteiger partial charge in [0, 0.05) is 24.2 Å². The Hall–Kier alpha value is -6.37. The summed E-state index contributed by atoms with van der Waals surface area (Å²) in [5, 5.41) is 18.1. The van der Waals surface area contributed by atoms with Crippen molar-refractivity contribution in [2.24, 2.45) is 22.9 Å². The Bertz CT molecular complexity index is 2250. The molecule has 2 fully saturated rings. The van der Waals surface area contributed by atoms with Crippen LogP contribution in [0.4, 0.5) is 9.59 Å². The molecule has 0 spiro atoms. The average Bonchev–Trinajstić information content (AvgIpc) is 4.06. The number of benzene rings is 2. The summed E-state index contributed by atoms with van der Waals surface area (Å²) in [4.78, 5) is 71.5. The van der Waals surface area contributed by atoms with E-state index in [1.54, 1.807) is 22.9 Å². The number of carbonyl (C=O) groups excluding carboxylic acids is 4. The highest BCUT2D eigenvalue weighted by atomic mass is 16.5. The molecule has 5 N–H and O–H groups in total. The van der Waals surface area contributed by atoms with Crippen molar-refractivity contribution >= 4 is 40.7 Å². The molecule has 2 aromatic heterocycles. The fourth-order valence-electron chi connectivity index (χ4n) is 7.90. The maximum atomic E-state index is 14.0. The standard InChI is InChI=1S/C43H53N9O7/c1-24(2)36(48-42(55)58-6)40(53)51-18-8-9-34(51)38-44-22-33(47-38)30-15-12-27(13-16-30)10-11-28-14-17-31-32(20-28)46-39(45-31)35-21-29(19-26(5)50-57)23-52(35)41(54)37(25(3)4)49-43(56)59-7/h12-17,20,22,24-25,29,34-37,57H,8-9,18-19,21,23H2,1-7H3,(H,44,47)(H,45,46)(H,48,55)(H,49,56)/b50-26-/t29-,34-,35-,36-,37-/m0/s1. The molecule has 2 aliphatic heterocycles. The van der Waals surface area contributed by atoms with E-state index in [4.69, 9.17) is 14.5 Å². The van der Waals surface area contributed by atoms with Crippen molar-refractivity contribution in [1.29, 1.82) is 0 Å². The van der Waals surface area contributed by atoms with Crippen LogP contribution in [0, 0.1) is 29.6 Å². The minimum atomic E-state index is -0.796. The summed E-state index contributed by atoms with van der Waals surface area (Å²) in [5.41, 5.74) is 5.41. The normalized spacial score (nSPS) is 19.1. The van der Waals surface area contributed by atoms with Gasteiger partial charge in [0.15, 0.2) is 0 Å². The van der Waals surface area contributed by atoms with Gasteiger partial charge in [0.05, 0.1) is 54.9 Å². The van der Waals surface area contributed by atoms with Gasteiger partial charge < -0.3 is 45.1 Å². The second-order valence-corrected chi connectivity index (χ2v) is 15.9. The molecule has 2 aromatic carbocycles. The molecule has 4 heterocycles. The summed E-state index contributed by atoms with van der Waals surface area (Å²) < 4.78 is 9.54. The van der Waals surface area contributed by atoms with Crippen LogP contribution in [0.2, 0.25) is 0 Å². The molecule has 4 amide bonds. The van der Waals surface area contributed by atoms with Gasteiger partial charge in [-0.2, -0.15) is 0 Å². The van der Waals surface area contributed by atoms with E-state index < -0.39 is 30.3 Å². The Balaban J connectivity index is 1.16. The maximum Gasteiger partial charge on any atom is 0.407 e. The number of hydrogen-bond donors (Lipinski definition) is 5. The van der Waals surface area contributed by atoms with Crippen LogP contribution in [0.1, 0.15) is 95.2 Å². The molecule has 312 valence electrons. The maximum absolute atomic E-state index is 14.0. The van der Waals surface area contributed by atoms with Gasteiger partial charge in [-0.1, -0.05) is 56.8 Å². The molecule has 0 aliphatic carbocycles. The number of oxime groups is 1. The number of rotatable bonds is 11. The van der Waals surface area contributed by atoms with Gasteiger partial charge in [0.2, 0.25) is 11.8 Å². The second kappa shape index (κ2) is 18.5. The van der Waals surface area contributed by atoms with Gasteiger partial charge in [-0.15, -0.1) is 0 Å². The highest BCUT2D eigenvalue weighted by Crippen LogP contribution is 2.38. The van der Waals surface area contributed by atoms with Crippen LogP contribution < -0.4 is 10.6 Å². The SMILES string of the molecule is COC(=O)N[C@H](C(=O)N1CCC[C@H]1c1ncc(-c2ccc(C#Cc3ccc4nc([C@@H]5C[C@H](C/C(C)=N\O)CN5C(=O)[C@@H](NC(=O)OC)C(C)C)[nH]c4c3)cc2)[nH]1)C(C)C. The van der Waals surface area contributed by atoms with Gasteiger partial charge in [-0.3, -0.25) is 9.59 Å². The number of H-pyrrole nitrogens is 2. The predicted molar refractivity (Wildman–Crippen MR) is 220 cm³/mol. The fraction of sp³-hybridized carbons (Fsp3) is 0.465. The predicted octanol–water partition coefficient (Wildman–Crippen LogP) is 5.91. The Morgan fingerprint density at radius 2 is 1.51 bits per heavy atom. The zero-order valence-electron chi connectivity index (χ0n) is 34.5. The van der Waals surface area contributed by atoms with E-state index in [1.807, 2.05) is 70.2 Å². The Kier molecular flexibility index (Phi) is 13.2. The van der Waals surface area contributed by atoms with E-state index >= 15 is 0 Å². The van der Waals surface area contributed by atoms with E-state index in [2.05, 4.69) is 42.6 Å². The fourth-order valence-corrected chi connectivity index (χ4v) is 7.90. The second-order valence-electron chi connectivity index (χ2n) is 15.9. The third-order valence-corrected chi connectivity index (χ3v) is 11.0. The number of imidazole rings is 2. The summed E-state index contributed by atoms with van der Waals surface area (Å²) in [7, 11) is 2.54. The topological polar surface area (TPSA) is 207 Å². The quantitative estimate of drug-likeness (QED) is 0.0528. The molecular formula is C43H53N9O7. The van der Waals surface area contributed by atoms with Gasteiger partial charge in [-0.05, 0) is 86.3 Å². The first-order chi connectivity index (χ1) is 28.3. The van der Waals surface area contributed by atoms with Crippen molar-refractivity contribution in [2.45, 2.75) is 84.5 Å². The number of hydrogen-bond acceptors (Lipinski definition) is 10. The minimum absolute atomic E-state index is 0.0244. The van der Waals surface area contributed by atoms with Crippen molar-refractivity contribution < 1.29 is 33.9 Å². The van der Waals surface area contributed by atoms with Gasteiger partial charge in [0.1, 0.15) is 23.7 Å². The van der Waals surface area contributed by atoms with Crippen molar-refractivity contribution in [2.75, 3.05) is 27.3 Å². The van der Waals surface area contributed by atoms with E-state index in [0.717, 1.165) is 46.3 Å². The number of alkyl carbamates (subject to hydrolysis) is 2. The molecule has 2 saturated heterocycles. The molecule has 0 radical (unpaired) electrons. The number of likely N-dealkylation sites (tertiary alicyclic amines) is 2. The first-order valence-corrected chi connectivity index (χ1v) is 19.9. The molecule has 0 saturated carbocycles. The molecule has 5 atom stereocenters. The van der Waals surface area contributed by atoms with Crippen LogP contribution in [0.25, 0.3) is 22.3 Å². The van der Waals surface area contributed by atoms with Crippen molar-refractivity contribution in [1.82, 2.24) is 40.4 Å². The molecule has 16 nitrogen and oxygen atoms in total. The molecule has 0 unspecified atom stereocenters. The highest BCUT2D eigenvalue weighted by Gasteiger charge is 2.42. The van der Waals surface area contributed by atoms with Gasteiger partial charge in [0.25, 0.3) is 0 Å². The number of fused-ring (bicyclic) bond motifs is 1. The summed E-state index contributed by atoms with van der Waals surface area (Å²) in [6.45, 7) is 10.2. The molecule has 16 heteroatoms. The summed E-state index contributed by atoms with van der Waals surface area (Å²) >= 11 is 0. The number of amides is 4. The lowest BCUT2D eigenvalue weighted by atomic mass is 9.99. The summed E-state index contributed by atoms with van der Waals surface area (Å²) in [6, 6.07) is 11.4. The smallest absolute Gasteiger partial charge is 0.407 e. The number of nitrogens with zero attached hydrogens (tertiary/aromatic N) is 5. The van der Waals surface area contributed by atoms with Crippen LogP contribution >= 0.6 is 0 Å². The molecule has 2 aliphatic rings. The van der Waals surface area contributed by atoms with Crippen LogP contribution in [-0.4, -0.2) is 104 Å². The highest BCUT2D eigenvalue weighted by molar-refractivity contribution is 5.88. The number of aromatic nitrogens is 4. The number of methoxy groups -OCH3 is 2. The molecule has 0 bridgehead atoms. The van der Waals surface area contributed by atoms with Crippen molar-refractivity contribution in [3.8, 4) is 23.1 Å². The minimum Gasteiger partial charge on any atom is -0.453 e. The zero-order valence-corrected chi connectivity index (χ0v) is 34.5. The Morgan fingerprint density at radius 1 is 0.881 bits per heavy atom. The lowest BCUT2D eigenvalue weighted by Crippen LogP contribution is -2.51. The van der Waals surface area contributed by atoms with Crippen LogP contribution in [0.3, 0.4) is 0 Å². The average molecular weight is 808 g/mol. The lowest BCUT2D eigenvalue weighted by molar-refractivity contribution is -0.136. The van der Waals surface area contributed by atoms with Gasteiger partial charge >= 0.3 is 12.2 Å². The third kappa shape index (κ3) is 9.68. The third-order valence-electron chi connectivity index (χ3n) is 11.0. The monoisotopic (exact) mass is 807 g/mol. The first kappa shape index (κ1) is 42.2. The Labute approximate surface area is 343 Å². The van der Waals surface area contributed by atoms with E-state index in [9.17, 15) is 24.4 Å². The van der Waals surface area contributed by atoms with Crippen LogP contribution in [-0.2, 0) is 19.1 Å². The molecule has 6 rings (SSSR count). The van der Waals surface area contributed by atoms with E-state index in [-0.39, 0.29) is 35.6 Å². The van der Waals surface area contributed by atoms with Gasteiger partial charge in [-0.25, -0.2) is 19.6 Å².